The standard InChI is InChI=1S/C6H11NO4/c1-5-10-4-6(11-5)2-3-7(8)9/h5-6H,2-4H2,1H3. The second-order valence-corrected chi connectivity index (χ2v) is 2.50. The zero-order valence-corrected chi connectivity index (χ0v) is 6.36. The summed E-state index contributed by atoms with van der Waals surface area (Å²) in [7, 11) is 0. The predicted octanol–water partition coefficient (Wildman–Crippen LogP) is 0.415. The molecule has 0 radical (unpaired) electrons. The van der Waals surface area contributed by atoms with Crippen molar-refractivity contribution in [2.24, 2.45) is 0 Å². The van der Waals surface area contributed by atoms with E-state index < -0.39 is 0 Å². The van der Waals surface area contributed by atoms with Gasteiger partial charge >= 0.3 is 0 Å². The lowest BCUT2D eigenvalue weighted by Gasteiger charge is -2.03. The molecule has 0 aromatic heterocycles. The van der Waals surface area contributed by atoms with Crippen LogP contribution in [0.4, 0.5) is 0 Å². The fourth-order valence-corrected chi connectivity index (χ4v) is 0.993. The summed E-state index contributed by atoms with van der Waals surface area (Å²) < 4.78 is 10.2. The van der Waals surface area contributed by atoms with Crippen molar-refractivity contribution in [2.75, 3.05) is 13.2 Å². The van der Waals surface area contributed by atoms with Crippen molar-refractivity contribution in [1.82, 2.24) is 0 Å². The maximum absolute atomic E-state index is 9.95. The Morgan fingerprint density at radius 3 is 2.91 bits per heavy atom. The minimum absolute atomic E-state index is 0.0409. The Bertz CT molecular complexity index is 150. The Hall–Kier alpha value is -0.680. The normalized spacial score (nSPS) is 30.6. The van der Waals surface area contributed by atoms with E-state index in [1.165, 1.54) is 0 Å². The van der Waals surface area contributed by atoms with Crippen LogP contribution in [-0.4, -0.2) is 30.5 Å². The molecule has 0 aromatic rings. The molecule has 5 nitrogen and oxygen atoms in total. The maximum atomic E-state index is 9.95. The van der Waals surface area contributed by atoms with Gasteiger partial charge in [-0.1, -0.05) is 0 Å². The van der Waals surface area contributed by atoms with Crippen LogP contribution in [0.3, 0.4) is 0 Å². The van der Waals surface area contributed by atoms with Crippen LogP contribution >= 0.6 is 0 Å². The Balaban J connectivity index is 2.13. The van der Waals surface area contributed by atoms with Gasteiger partial charge in [-0.2, -0.15) is 0 Å². The lowest BCUT2D eigenvalue weighted by molar-refractivity contribution is -0.481. The summed E-state index contributed by atoms with van der Waals surface area (Å²) in [5.74, 6) is 0. The van der Waals surface area contributed by atoms with Gasteiger partial charge in [0.1, 0.15) is 0 Å². The highest BCUT2D eigenvalue weighted by molar-refractivity contribution is 4.62. The minimum Gasteiger partial charge on any atom is -0.350 e. The van der Waals surface area contributed by atoms with Crippen molar-refractivity contribution in [1.29, 1.82) is 0 Å². The molecule has 1 heterocycles. The molecule has 1 fully saturated rings. The summed E-state index contributed by atoms with van der Waals surface area (Å²) in [6.07, 6.45) is 0.152. The smallest absolute Gasteiger partial charge is 0.206 e. The van der Waals surface area contributed by atoms with E-state index in [0.29, 0.717) is 13.0 Å². The first-order valence-corrected chi connectivity index (χ1v) is 3.57. The number of hydrogen-bond acceptors (Lipinski definition) is 4. The van der Waals surface area contributed by atoms with Crippen LogP contribution in [0.1, 0.15) is 13.3 Å². The molecule has 2 atom stereocenters. The van der Waals surface area contributed by atoms with Gasteiger partial charge in [0.15, 0.2) is 6.29 Å². The van der Waals surface area contributed by atoms with Crippen molar-refractivity contribution < 1.29 is 14.4 Å². The van der Waals surface area contributed by atoms with Crippen LogP contribution in [0.25, 0.3) is 0 Å². The van der Waals surface area contributed by atoms with E-state index in [0.717, 1.165) is 0 Å². The summed E-state index contributed by atoms with van der Waals surface area (Å²) in [6.45, 7) is 2.22. The number of hydrogen-bond donors (Lipinski definition) is 0. The summed E-state index contributed by atoms with van der Waals surface area (Å²) in [5, 5.41) is 9.95. The fraction of sp³-hybridized carbons (Fsp3) is 1.00. The molecule has 0 amide bonds. The van der Waals surface area contributed by atoms with Gasteiger partial charge in [-0.15, -0.1) is 0 Å². The third kappa shape index (κ3) is 2.81. The molecule has 1 aliphatic heterocycles. The average Bonchev–Trinajstić information content (AvgIpc) is 2.31. The van der Waals surface area contributed by atoms with Crippen LogP contribution in [0.5, 0.6) is 0 Å². The molecule has 0 aromatic carbocycles. The van der Waals surface area contributed by atoms with Crippen molar-refractivity contribution >= 4 is 0 Å². The van der Waals surface area contributed by atoms with E-state index in [-0.39, 0.29) is 23.9 Å². The highest BCUT2D eigenvalue weighted by Gasteiger charge is 2.23. The van der Waals surface area contributed by atoms with E-state index in [1.807, 2.05) is 0 Å². The second kappa shape index (κ2) is 3.64. The molecule has 0 N–H and O–H groups in total. The van der Waals surface area contributed by atoms with Gasteiger partial charge in [-0.3, -0.25) is 10.1 Å². The lowest BCUT2D eigenvalue weighted by atomic mass is 10.3. The van der Waals surface area contributed by atoms with Gasteiger partial charge in [0.2, 0.25) is 6.54 Å². The molecule has 0 aliphatic carbocycles. The van der Waals surface area contributed by atoms with Crippen molar-refractivity contribution in [2.45, 2.75) is 25.7 Å². The van der Waals surface area contributed by atoms with E-state index in [9.17, 15) is 10.1 Å². The van der Waals surface area contributed by atoms with E-state index in [1.54, 1.807) is 6.92 Å². The number of nitro groups is 1. The minimum atomic E-state index is -0.341. The quantitative estimate of drug-likeness (QED) is 0.444. The first-order valence-electron chi connectivity index (χ1n) is 3.57. The molecular formula is C6H11NO4. The van der Waals surface area contributed by atoms with Gasteiger partial charge in [-0.05, 0) is 6.92 Å². The van der Waals surface area contributed by atoms with Gasteiger partial charge < -0.3 is 9.47 Å². The molecular weight excluding hydrogens is 150 g/mol. The molecule has 0 spiro atoms. The van der Waals surface area contributed by atoms with Crippen LogP contribution in [-0.2, 0) is 9.47 Å². The van der Waals surface area contributed by atoms with Crippen molar-refractivity contribution in [3.63, 3.8) is 0 Å². The highest BCUT2D eigenvalue weighted by atomic mass is 16.7. The van der Waals surface area contributed by atoms with Crippen LogP contribution in [0.15, 0.2) is 0 Å². The Morgan fingerprint density at radius 1 is 1.73 bits per heavy atom. The Kier molecular flexibility index (Phi) is 2.78. The van der Waals surface area contributed by atoms with E-state index in [2.05, 4.69) is 0 Å². The second-order valence-electron chi connectivity index (χ2n) is 2.50. The van der Waals surface area contributed by atoms with Crippen molar-refractivity contribution in [3.05, 3.63) is 10.1 Å². The van der Waals surface area contributed by atoms with Crippen LogP contribution in [0.2, 0.25) is 0 Å². The van der Waals surface area contributed by atoms with Gasteiger partial charge in [0.25, 0.3) is 0 Å². The molecule has 5 heteroatoms. The molecule has 0 saturated carbocycles. The number of nitrogens with zero attached hydrogens (tertiary/aromatic N) is 1. The number of ether oxygens (including phenoxy) is 2. The van der Waals surface area contributed by atoms with Crippen LogP contribution in [0, 0.1) is 10.1 Å². The third-order valence-electron chi connectivity index (χ3n) is 1.53. The summed E-state index contributed by atoms with van der Waals surface area (Å²) in [5.41, 5.74) is 0. The molecule has 1 rings (SSSR count). The van der Waals surface area contributed by atoms with E-state index >= 15 is 0 Å². The zero-order valence-electron chi connectivity index (χ0n) is 6.36. The lowest BCUT2D eigenvalue weighted by Crippen LogP contribution is -2.15. The van der Waals surface area contributed by atoms with Crippen molar-refractivity contribution in [3.8, 4) is 0 Å². The van der Waals surface area contributed by atoms with Gasteiger partial charge in [-0.25, -0.2) is 0 Å². The largest absolute Gasteiger partial charge is 0.350 e. The molecule has 1 aliphatic rings. The third-order valence-corrected chi connectivity index (χ3v) is 1.53. The highest BCUT2D eigenvalue weighted by Crippen LogP contribution is 2.13. The molecule has 0 bridgehead atoms. The van der Waals surface area contributed by atoms with Crippen LogP contribution < -0.4 is 0 Å². The van der Waals surface area contributed by atoms with Gasteiger partial charge in [0.05, 0.1) is 12.7 Å². The first kappa shape index (κ1) is 8.42. The summed E-state index contributed by atoms with van der Waals surface area (Å²) in [6, 6.07) is 0. The Labute approximate surface area is 64.4 Å². The maximum Gasteiger partial charge on any atom is 0.206 e. The van der Waals surface area contributed by atoms with Gasteiger partial charge in [0, 0.05) is 11.3 Å². The van der Waals surface area contributed by atoms with E-state index in [4.69, 9.17) is 9.47 Å². The molecule has 64 valence electrons. The number of rotatable bonds is 3. The SMILES string of the molecule is CC1OCC(CC[N+](=O)[O-])O1. The molecule has 1 saturated heterocycles. The topological polar surface area (TPSA) is 61.6 Å². The fourth-order valence-electron chi connectivity index (χ4n) is 0.993. The monoisotopic (exact) mass is 161 g/mol. The molecule has 11 heavy (non-hydrogen) atoms. The summed E-state index contributed by atoms with van der Waals surface area (Å²) >= 11 is 0. The zero-order chi connectivity index (χ0) is 8.27. The first-order chi connectivity index (χ1) is 5.18. The molecule has 2 unspecified atom stereocenters. The average molecular weight is 161 g/mol. The summed E-state index contributed by atoms with van der Waals surface area (Å²) in [4.78, 5) is 9.61. The Morgan fingerprint density at radius 2 is 2.45 bits per heavy atom. The predicted molar refractivity (Wildman–Crippen MR) is 36.8 cm³/mol.